The number of nitrogens with zero attached hydrogens (tertiary/aromatic N) is 1. The molecule has 6 heteroatoms. The zero-order valence-electron chi connectivity index (χ0n) is 8.99. The van der Waals surface area contributed by atoms with Gasteiger partial charge in [-0.05, 0) is 19.8 Å². The second-order valence-electron chi connectivity index (χ2n) is 3.54. The minimum atomic E-state index is -3.12. The fraction of sp³-hybridized carbons (Fsp3) is 1.00. The van der Waals surface area contributed by atoms with Crippen molar-refractivity contribution in [1.29, 1.82) is 0 Å². The van der Waals surface area contributed by atoms with E-state index in [0.29, 0.717) is 25.1 Å². The third-order valence-corrected chi connectivity index (χ3v) is 4.54. The quantitative estimate of drug-likeness (QED) is 0.500. The van der Waals surface area contributed by atoms with Crippen molar-refractivity contribution in [3.63, 3.8) is 0 Å². The highest BCUT2D eigenvalue weighted by Gasteiger charge is 2.36. The zero-order chi connectivity index (χ0) is 11.3. The summed E-state index contributed by atoms with van der Waals surface area (Å²) in [6.45, 7) is 3.30. The number of halogens is 1. The van der Waals surface area contributed by atoms with Crippen LogP contribution < -0.4 is 0 Å². The first-order valence-electron chi connectivity index (χ1n) is 5.25. The number of alkyl halides is 1. The Hall–Kier alpha value is 0.350. The average Bonchev–Trinajstić information content (AvgIpc) is 2.97. The first-order chi connectivity index (χ1) is 7.11. The number of sulfonamides is 1. The molecule has 90 valence electrons. The summed E-state index contributed by atoms with van der Waals surface area (Å²) in [5.41, 5.74) is 0. The van der Waals surface area contributed by atoms with Gasteiger partial charge >= 0.3 is 0 Å². The summed E-state index contributed by atoms with van der Waals surface area (Å²) in [7, 11) is -3.12. The van der Waals surface area contributed by atoms with Gasteiger partial charge in [0.15, 0.2) is 0 Å². The van der Waals surface area contributed by atoms with E-state index in [-0.39, 0.29) is 11.8 Å². The van der Waals surface area contributed by atoms with Crippen LogP contribution in [0.1, 0.15) is 19.8 Å². The predicted molar refractivity (Wildman–Crippen MR) is 63.8 cm³/mol. The maximum absolute atomic E-state index is 11.9. The Bertz CT molecular complexity index is 277. The molecule has 0 aliphatic heterocycles. The van der Waals surface area contributed by atoms with Crippen molar-refractivity contribution in [3.05, 3.63) is 0 Å². The minimum absolute atomic E-state index is 0.102. The van der Waals surface area contributed by atoms with Gasteiger partial charge in [-0.15, -0.1) is 0 Å². The summed E-state index contributed by atoms with van der Waals surface area (Å²) in [6.07, 6.45) is 2.00. The van der Waals surface area contributed by atoms with Gasteiger partial charge in [0.2, 0.25) is 10.0 Å². The van der Waals surface area contributed by atoms with Crippen LogP contribution in [-0.2, 0) is 14.8 Å². The van der Waals surface area contributed by atoms with Gasteiger partial charge in [0.25, 0.3) is 0 Å². The summed E-state index contributed by atoms with van der Waals surface area (Å²) in [6, 6.07) is 0.245. The van der Waals surface area contributed by atoms with Crippen LogP contribution in [0.4, 0.5) is 0 Å². The van der Waals surface area contributed by atoms with Crippen molar-refractivity contribution in [2.24, 2.45) is 0 Å². The molecule has 15 heavy (non-hydrogen) atoms. The maximum atomic E-state index is 11.9. The van der Waals surface area contributed by atoms with E-state index in [1.807, 2.05) is 6.92 Å². The number of ether oxygens (including phenoxy) is 1. The van der Waals surface area contributed by atoms with Crippen molar-refractivity contribution >= 4 is 26.0 Å². The molecule has 1 aliphatic rings. The third kappa shape index (κ3) is 4.38. The van der Waals surface area contributed by atoms with Gasteiger partial charge in [-0.1, -0.05) is 15.9 Å². The Morgan fingerprint density at radius 2 is 2.13 bits per heavy atom. The van der Waals surface area contributed by atoms with Gasteiger partial charge in [-0.2, -0.15) is 4.31 Å². The Morgan fingerprint density at radius 1 is 1.47 bits per heavy atom. The lowest BCUT2D eigenvalue weighted by molar-refractivity contribution is 0.162. The molecule has 1 saturated carbocycles. The first-order valence-corrected chi connectivity index (χ1v) is 7.98. The topological polar surface area (TPSA) is 46.6 Å². The second-order valence-corrected chi connectivity index (χ2v) is 6.38. The van der Waals surface area contributed by atoms with Crippen LogP contribution in [-0.4, -0.2) is 49.6 Å². The minimum Gasteiger partial charge on any atom is -0.381 e. The van der Waals surface area contributed by atoms with Gasteiger partial charge in [0, 0.05) is 24.5 Å². The molecule has 0 atom stereocenters. The zero-order valence-corrected chi connectivity index (χ0v) is 11.4. The Labute approximate surface area is 100 Å². The monoisotopic (exact) mass is 299 g/mol. The fourth-order valence-electron chi connectivity index (χ4n) is 1.42. The summed E-state index contributed by atoms with van der Waals surface area (Å²) >= 11 is 3.28. The van der Waals surface area contributed by atoms with E-state index in [9.17, 15) is 8.42 Å². The highest BCUT2D eigenvalue weighted by Crippen LogP contribution is 2.29. The molecule has 0 unspecified atom stereocenters. The fourth-order valence-corrected chi connectivity index (χ4v) is 3.63. The number of hydrogen-bond donors (Lipinski definition) is 0. The number of rotatable bonds is 8. The lowest BCUT2D eigenvalue weighted by Crippen LogP contribution is -2.37. The summed E-state index contributed by atoms with van der Waals surface area (Å²) in [5, 5.41) is 0.692. The molecule has 0 saturated heterocycles. The van der Waals surface area contributed by atoms with Crippen molar-refractivity contribution in [3.8, 4) is 0 Å². The molecule has 0 aromatic rings. The van der Waals surface area contributed by atoms with E-state index in [1.165, 1.54) is 0 Å². The highest BCUT2D eigenvalue weighted by molar-refractivity contribution is 9.09. The molecular formula is C9H18BrNO3S. The molecule has 0 amide bonds. The molecule has 0 radical (unpaired) electrons. The van der Waals surface area contributed by atoms with Crippen LogP contribution in [0.5, 0.6) is 0 Å². The highest BCUT2D eigenvalue weighted by atomic mass is 79.9. The Kier molecular flexibility index (Phi) is 5.52. The predicted octanol–water partition coefficient (Wildman–Crippen LogP) is 1.21. The molecular weight excluding hydrogens is 282 g/mol. The molecule has 0 aromatic heterocycles. The lowest BCUT2D eigenvalue weighted by Gasteiger charge is -2.20. The van der Waals surface area contributed by atoms with E-state index < -0.39 is 10.0 Å². The van der Waals surface area contributed by atoms with Gasteiger partial charge < -0.3 is 4.74 Å². The summed E-state index contributed by atoms with van der Waals surface area (Å²) < 4.78 is 30.5. The van der Waals surface area contributed by atoms with E-state index in [0.717, 1.165) is 12.8 Å². The molecule has 0 bridgehead atoms. The molecule has 1 fully saturated rings. The first kappa shape index (κ1) is 13.4. The molecule has 0 aromatic carbocycles. The van der Waals surface area contributed by atoms with Crippen LogP contribution >= 0.6 is 15.9 Å². The van der Waals surface area contributed by atoms with E-state index in [1.54, 1.807) is 4.31 Å². The van der Waals surface area contributed by atoms with Gasteiger partial charge in [-0.3, -0.25) is 0 Å². The molecule has 0 spiro atoms. The lowest BCUT2D eigenvalue weighted by atomic mass is 10.6. The Balaban J connectivity index is 2.48. The maximum Gasteiger partial charge on any atom is 0.216 e. The van der Waals surface area contributed by atoms with Gasteiger partial charge in [0.1, 0.15) is 0 Å². The standard InChI is InChI=1S/C9H18BrNO3S/c1-2-14-7-8-15(12,13)11(6-5-10)9-3-4-9/h9H,2-8H2,1H3. The van der Waals surface area contributed by atoms with E-state index >= 15 is 0 Å². The van der Waals surface area contributed by atoms with Crippen molar-refractivity contribution in [2.75, 3.05) is 30.8 Å². The normalized spacial score (nSPS) is 17.3. The smallest absolute Gasteiger partial charge is 0.216 e. The molecule has 1 aliphatic carbocycles. The molecule has 0 N–H and O–H groups in total. The molecule has 0 heterocycles. The van der Waals surface area contributed by atoms with Crippen LogP contribution in [0.15, 0.2) is 0 Å². The average molecular weight is 300 g/mol. The van der Waals surface area contributed by atoms with Crippen LogP contribution in [0, 0.1) is 0 Å². The molecule has 1 rings (SSSR count). The third-order valence-electron chi connectivity index (χ3n) is 2.31. The van der Waals surface area contributed by atoms with Gasteiger partial charge in [0.05, 0.1) is 12.4 Å². The molecule has 4 nitrogen and oxygen atoms in total. The number of hydrogen-bond acceptors (Lipinski definition) is 3. The van der Waals surface area contributed by atoms with Crippen molar-refractivity contribution in [2.45, 2.75) is 25.8 Å². The summed E-state index contributed by atoms with van der Waals surface area (Å²) in [5.74, 6) is 0.102. The van der Waals surface area contributed by atoms with E-state index in [4.69, 9.17) is 4.74 Å². The second kappa shape index (κ2) is 6.18. The van der Waals surface area contributed by atoms with E-state index in [2.05, 4.69) is 15.9 Å². The van der Waals surface area contributed by atoms with Crippen molar-refractivity contribution in [1.82, 2.24) is 4.31 Å². The summed E-state index contributed by atoms with van der Waals surface area (Å²) in [4.78, 5) is 0. The van der Waals surface area contributed by atoms with Crippen molar-refractivity contribution < 1.29 is 13.2 Å². The van der Waals surface area contributed by atoms with Gasteiger partial charge in [-0.25, -0.2) is 8.42 Å². The van der Waals surface area contributed by atoms with Crippen LogP contribution in [0.3, 0.4) is 0 Å². The SMILES string of the molecule is CCOCCS(=O)(=O)N(CCBr)C1CC1. The Morgan fingerprint density at radius 3 is 2.60 bits per heavy atom. The van der Waals surface area contributed by atoms with Crippen LogP contribution in [0.2, 0.25) is 0 Å². The largest absolute Gasteiger partial charge is 0.381 e. The van der Waals surface area contributed by atoms with Crippen LogP contribution in [0.25, 0.3) is 0 Å².